The predicted octanol–water partition coefficient (Wildman–Crippen LogP) is 2.25. The first kappa shape index (κ1) is 11.3. The molecule has 88 valence electrons. The third kappa shape index (κ3) is 1.76. The van der Waals surface area contributed by atoms with Crippen LogP contribution in [0.5, 0.6) is 11.5 Å². The summed E-state index contributed by atoms with van der Waals surface area (Å²) in [5.41, 5.74) is 2.73. The molecule has 0 aliphatic carbocycles. The van der Waals surface area contributed by atoms with Gasteiger partial charge in [0, 0.05) is 12.6 Å². The van der Waals surface area contributed by atoms with E-state index in [-0.39, 0.29) is 0 Å². The number of hydrogen-bond donors (Lipinski definition) is 0. The van der Waals surface area contributed by atoms with Crippen LogP contribution in [0.25, 0.3) is 0 Å². The maximum atomic E-state index is 5.34. The van der Waals surface area contributed by atoms with Crippen LogP contribution in [0.1, 0.15) is 24.1 Å². The first-order chi connectivity index (χ1) is 7.67. The second kappa shape index (κ2) is 4.34. The van der Waals surface area contributed by atoms with E-state index in [1.807, 2.05) is 0 Å². The Morgan fingerprint density at radius 2 is 1.81 bits per heavy atom. The molecule has 1 atom stereocenters. The lowest BCUT2D eigenvalue weighted by atomic mass is 9.93. The zero-order chi connectivity index (χ0) is 11.7. The van der Waals surface area contributed by atoms with Gasteiger partial charge in [-0.2, -0.15) is 0 Å². The van der Waals surface area contributed by atoms with E-state index in [9.17, 15) is 0 Å². The van der Waals surface area contributed by atoms with Gasteiger partial charge >= 0.3 is 0 Å². The number of rotatable bonds is 2. The molecule has 0 bridgehead atoms. The van der Waals surface area contributed by atoms with Gasteiger partial charge in [0.05, 0.1) is 14.2 Å². The summed E-state index contributed by atoms with van der Waals surface area (Å²) in [4.78, 5) is 2.36. The molecule has 0 radical (unpaired) electrons. The lowest BCUT2D eigenvalue weighted by Crippen LogP contribution is -2.30. The summed E-state index contributed by atoms with van der Waals surface area (Å²) in [6, 6.07) is 4.66. The summed E-state index contributed by atoms with van der Waals surface area (Å²) in [6.07, 6.45) is 1.08. The van der Waals surface area contributed by atoms with E-state index in [2.05, 4.69) is 31.0 Å². The van der Waals surface area contributed by atoms with E-state index in [1.165, 1.54) is 11.1 Å². The highest BCUT2D eigenvalue weighted by Crippen LogP contribution is 2.37. The minimum Gasteiger partial charge on any atom is -0.493 e. The Hall–Kier alpha value is -1.22. The smallest absolute Gasteiger partial charge is 0.161 e. The van der Waals surface area contributed by atoms with Crippen LogP contribution in [0, 0.1) is 0 Å². The summed E-state index contributed by atoms with van der Waals surface area (Å²) >= 11 is 0. The van der Waals surface area contributed by atoms with Gasteiger partial charge in [-0.3, -0.25) is 4.90 Å². The molecule has 0 fully saturated rings. The summed E-state index contributed by atoms with van der Waals surface area (Å²) in [6.45, 7) is 3.33. The molecule has 0 N–H and O–H groups in total. The predicted molar refractivity (Wildman–Crippen MR) is 64.3 cm³/mol. The maximum Gasteiger partial charge on any atom is 0.161 e. The van der Waals surface area contributed by atoms with Crippen molar-refractivity contribution in [2.75, 3.05) is 27.8 Å². The molecule has 1 heterocycles. The Morgan fingerprint density at radius 3 is 2.44 bits per heavy atom. The van der Waals surface area contributed by atoms with Crippen molar-refractivity contribution in [3.05, 3.63) is 23.3 Å². The van der Waals surface area contributed by atoms with Crippen LogP contribution in [0.2, 0.25) is 0 Å². The van der Waals surface area contributed by atoms with Crippen molar-refractivity contribution in [1.82, 2.24) is 4.90 Å². The molecule has 1 aromatic rings. The molecule has 0 spiro atoms. The van der Waals surface area contributed by atoms with Crippen LogP contribution in [0.4, 0.5) is 0 Å². The molecule has 0 unspecified atom stereocenters. The van der Waals surface area contributed by atoms with E-state index in [0.717, 1.165) is 24.5 Å². The molecule has 1 aliphatic rings. The van der Waals surface area contributed by atoms with Crippen LogP contribution in [0.3, 0.4) is 0 Å². The van der Waals surface area contributed by atoms with E-state index in [1.54, 1.807) is 14.2 Å². The normalized spacial score (nSPS) is 20.4. The van der Waals surface area contributed by atoms with Crippen molar-refractivity contribution in [1.29, 1.82) is 0 Å². The summed E-state index contributed by atoms with van der Waals surface area (Å²) in [5.74, 6) is 1.65. The first-order valence-electron chi connectivity index (χ1n) is 5.62. The van der Waals surface area contributed by atoms with Crippen LogP contribution in [-0.4, -0.2) is 32.7 Å². The van der Waals surface area contributed by atoms with Crippen LogP contribution in [-0.2, 0) is 6.42 Å². The van der Waals surface area contributed by atoms with Crippen molar-refractivity contribution < 1.29 is 9.47 Å². The van der Waals surface area contributed by atoms with Gasteiger partial charge in [0.2, 0.25) is 0 Å². The number of fused-ring (bicyclic) bond motifs is 1. The third-order valence-electron chi connectivity index (χ3n) is 3.49. The monoisotopic (exact) mass is 221 g/mol. The van der Waals surface area contributed by atoms with Gasteiger partial charge < -0.3 is 9.47 Å². The van der Waals surface area contributed by atoms with E-state index in [4.69, 9.17) is 9.47 Å². The molecule has 16 heavy (non-hydrogen) atoms. The molecule has 1 aromatic carbocycles. The molecule has 0 saturated heterocycles. The Labute approximate surface area is 97.0 Å². The van der Waals surface area contributed by atoms with Gasteiger partial charge in [-0.05, 0) is 43.7 Å². The largest absolute Gasteiger partial charge is 0.493 e. The van der Waals surface area contributed by atoms with Crippen molar-refractivity contribution in [2.24, 2.45) is 0 Å². The van der Waals surface area contributed by atoms with E-state index in [0.29, 0.717) is 6.04 Å². The molecule has 2 rings (SSSR count). The second-order valence-electron chi connectivity index (χ2n) is 4.31. The first-order valence-corrected chi connectivity index (χ1v) is 5.62. The minimum absolute atomic E-state index is 0.448. The number of nitrogens with zero attached hydrogens (tertiary/aromatic N) is 1. The van der Waals surface area contributed by atoms with Crippen molar-refractivity contribution in [3.8, 4) is 11.5 Å². The Morgan fingerprint density at radius 1 is 1.19 bits per heavy atom. The fraction of sp³-hybridized carbons (Fsp3) is 0.538. The lowest BCUT2D eigenvalue weighted by molar-refractivity contribution is 0.245. The second-order valence-corrected chi connectivity index (χ2v) is 4.31. The molecule has 0 aromatic heterocycles. The SMILES string of the molecule is COc1cc2c(cc1OC)[C@@H](C)N(C)CC2. The van der Waals surface area contributed by atoms with E-state index >= 15 is 0 Å². The highest BCUT2D eigenvalue weighted by atomic mass is 16.5. The van der Waals surface area contributed by atoms with Crippen molar-refractivity contribution in [3.63, 3.8) is 0 Å². The van der Waals surface area contributed by atoms with Gasteiger partial charge in [0.25, 0.3) is 0 Å². The van der Waals surface area contributed by atoms with Gasteiger partial charge in [-0.1, -0.05) is 0 Å². The van der Waals surface area contributed by atoms with Gasteiger partial charge in [-0.15, -0.1) is 0 Å². The number of ether oxygens (including phenoxy) is 2. The van der Waals surface area contributed by atoms with Crippen molar-refractivity contribution in [2.45, 2.75) is 19.4 Å². The summed E-state index contributed by atoms with van der Waals surface area (Å²) < 4.78 is 10.7. The number of likely N-dealkylation sites (N-methyl/N-ethyl adjacent to an activating group) is 1. The average Bonchev–Trinajstić information content (AvgIpc) is 2.32. The fourth-order valence-corrected chi connectivity index (χ4v) is 2.27. The van der Waals surface area contributed by atoms with Gasteiger partial charge in [-0.25, -0.2) is 0 Å². The number of methoxy groups -OCH3 is 2. The summed E-state index contributed by atoms with van der Waals surface area (Å²) in [5, 5.41) is 0. The highest BCUT2D eigenvalue weighted by molar-refractivity contribution is 5.49. The molecule has 0 saturated carbocycles. The molecular formula is C13H19NO2. The van der Waals surface area contributed by atoms with Gasteiger partial charge in [0.15, 0.2) is 11.5 Å². The standard InChI is InChI=1S/C13H19NO2/c1-9-11-8-13(16-4)12(15-3)7-10(11)5-6-14(9)2/h7-9H,5-6H2,1-4H3/t9-/m1/s1. The van der Waals surface area contributed by atoms with Crippen LogP contribution >= 0.6 is 0 Å². The zero-order valence-corrected chi connectivity index (χ0v) is 10.4. The molecule has 1 aliphatic heterocycles. The van der Waals surface area contributed by atoms with Crippen LogP contribution in [0.15, 0.2) is 12.1 Å². The summed E-state index contributed by atoms with van der Waals surface area (Å²) in [7, 11) is 5.52. The maximum absolute atomic E-state index is 5.34. The Bertz CT molecular complexity index is 390. The molecule has 0 amide bonds. The zero-order valence-electron chi connectivity index (χ0n) is 10.4. The Balaban J connectivity index is 2.48. The molecule has 3 nitrogen and oxygen atoms in total. The highest BCUT2D eigenvalue weighted by Gasteiger charge is 2.23. The van der Waals surface area contributed by atoms with Crippen LogP contribution < -0.4 is 9.47 Å². The number of hydrogen-bond acceptors (Lipinski definition) is 3. The van der Waals surface area contributed by atoms with Gasteiger partial charge in [0.1, 0.15) is 0 Å². The topological polar surface area (TPSA) is 21.7 Å². The lowest BCUT2D eigenvalue weighted by Gasteiger charge is -2.32. The number of benzene rings is 1. The minimum atomic E-state index is 0.448. The van der Waals surface area contributed by atoms with E-state index < -0.39 is 0 Å². The molecule has 3 heteroatoms. The fourth-order valence-electron chi connectivity index (χ4n) is 2.27. The third-order valence-corrected chi connectivity index (χ3v) is 3.49. The quantitative estimate of drug-likeness (QED) is 0.764. The Kier molecular flexibility index (Phi) is 3.06. The molecular weight excluding hydrogens is 202 g/mol. The van der Waals surface area contributed by atoms with Crippen molar-refractivity contribution >= 4 is 0 Å². The average molecular weight is 221 g/mol.